The zero-order chi connectivity index (χ0) is 32.1. The first kappa shape index (κ1) is 32.1. The summed E-state index contributed by atoms with van der Waals surface area (Å²) in [6.45, 7) is 3.18. The van der Waals surface area contributed by atoms with Crippen molar-refractivity contribution >= 4 is 24.0 Å². The van der Waals surface area contributed by atoms with Gasteiger partial charge in [0.1, 0.15) is 5.41 Å². The molecule has 0 spiro atoms. The van der Waals surface area contributed by atoms with Crippen molar-refractivity contribution in [1.82, 2.24) is 14.9 Å². The van der Waals surface area contributed by atoms with Crippen LogP contribution in [-0.4, -0.2) is 52.3 Å². The average Bonchev–Trinajstić information content (AvgIpc) is 3.49. The number of halogens is 3. The van der Waals surface area contributed by atoms with Gasteiger partial charge in [-0.2, -0.15) is 13.2 Å². The summed E-state index contributed by atoms with van der Waals surface area (Å²) in [6, 6.07) is 11.0. The van der Waals surface area contributed by atoms with Crippen molar-refractivity contribution in [2.45, 2.75) is 44.9 Å². The smallest absolute Gasteiger partial charge is 0.416 e. The highest BCUT2D eigenvalue weighted by Crippen LogP contribution is 2.53. The van der Waals surface area contributed by atoms with Crippen molar-refractivity contribution in [2.75, 3.05) is 13.7 Å². The molecule has 12 heteroatoms. The number of nitrogens with one attached hydrogen (secondary N) is 1. The van der Waals surface area contributed by atoms with Crippen LogP contribution in [0.3, 0.4) is 0 Å². The Morgan fingerprint density at radius 1 is 1.14 bits per heavy atom. The zero-order valence-corrected chi connectivity index (χ0v) is 24.3. The molecule has 2 N–H and O–H groups in total. The highest BCUT2D eigenvalue weighted by molar-refractivity contribution is 5.94. The number of carbonyl (C=O) groups is 3. The predicted octanol–water partition coefficient (Wildman–Crippen LogP) is 5.19. The van der Waals surface area contributed by atoms with Gasteiger partial charge in [0, 0.05) is 49.1 Å². The van der Waals surface area contributed by atoms with Gasteiger partial charge in [0.05, 0.1) is 31.2 Å². The Hall–Kier alpha value is -4.87. The standard InChI is InChI=1S/C32H32F3N3O6/c1-20-27(29(40)43-3)28(24-6-4-5-7-25(24)32(33,34)35)31(30(41)42,21(2)37-20)14-17-44-26(39)13-12-22-8-10-23(11-9-22)18-38-16-15-36-19-38/h4-13,15-16,19,21,28,37H,14,17-18H2,1-3H3,(H,41,42)/b13-12+. The minimum atomic E-state index is -4.83. The van der Waals surface area contributed by atoms with Crippen molar-refractivity contribution in [3.8, 4) is 0 Å². The largest absolute Gasteiger partial charge is 0.481 e. The van der Waals surface area contributed by atoms with Crippen LogP contribution in [-0.2, 0) is 36.6 Å². The number of carboxylic acid groups (broad SMARTS) is 1. The number of esters is 2. The summed E-state index contributed by atoms with van der Waals surface area (Å²) >= 11 is 0. The molecule has 3 atom stereocenters. The van der Waals surface area contributed by atoms with Crippen LogP contribution in [0.15, 0.2) is 84.6 Å². The number of nitrogens with zero attached hydrogens (tertiary/aromatic N) is 2. The third-order valence-corrected chi connectivity index (χ3v) is 7.87. The Morgan fingerprint density at radius 3 is 2.45 bits per heavy atom. The summed E-state index contributed by atoms with van der Waals surface area (Å²) in [7, 11) is 1.07. The third-order valence-electron chi connectivity index (χ3n) is 7.87. The number of methoxy groups -OCH3 is 1. The highest BCUT2D eigenvalue weighted by atomic mass is 19.4. The Labute approximate surface area is 252 Å². The maximum atomic E-state index is 14.2. The van der Waals surface area contributed by atoms with E-state index in [9.17, 15) is 32.7 Å². The fourth-order valence-electron chi connectivity index (χ4n) is 5.71. The summed E-state index contributed by atoms with van der Waals surface area (Å²) in [5.74, 6) is -4.77. The number of hydrogen-bond donors (Lipinski definition) is 2. The van der Waals surface area contributed by atoms with E-state index in [2.05, 4.69) is 10.3 Å². The highest BCUT2D eigenvalue weighted by Gasteiger charge is 2.58. The van der Waals surface area contributed by atoms with Gasteiger partial charge in [0.15, 0.2) is 0 Å². The molecule has 1 aromatic heterocycles. The average molecular weight is 612 g/mol. The number of benzene rings is 2. The number of aromatic nitrogens is 2. The molecule has 9 nitrogen and oxygen atoms in total. The van der Waals surface area contributed by atoms with E-state index in [1.54, 1.807) is 12.5 Å². The van der Waals surface area contributed by atoms with Crippen LogP contribution in [0.4, 0.5) is 13.2 Å². The first-order valence-electron chi connectivity index (χ1n) is 13.7. The van der Waals surface area contributed by atoms with E-state index in [4.69, 9.17) is 9.47 Å². The molecule has 232 valence electrons. The minimum Gasteiger partial charge on any atom is -0.481 e. The lowest BCUT2D eigenvalue weighted by atomic mass is 9.60. The number of imidazole rings is 1. The molecule has 0 fully saturated rings. The van der Waals surface area contributed by atoms with Gasteiger partial charge in [-0.25, -0.2) is 14.6 Å². The van der Waals surface area contributed by atoms with Gasteiger partial charge in [-0.05, 0) is 42.7 Å². The van der Waals surface area contributed by atoms with Crippen LogP contribution in [0.2, 0.25) is 0 Å². The molecule has 0 aliphatic carbocycles. The van der Waals surface area contributed by atoms with E-state index < -0.39 is 65.6 Å². The molecule has 4 rings (SSSR count). The second-order valence-electron chi connectivity index (χ2n) is 10.5. The first-order chi connectivity index (χ1) is 20.9. The fourth-order valence-corrected chi connectivity index (χ4v) is 5.71. The van der Waals surface area contributed by atoms with Gasteiger partial charge in [-0.15, -0.1) is 0 Å². The first-order valence-corrected chi connectivity index (χ1v) is 13.7. The fraction of sp³-hybridized carbons (Fsp3) is 0.312. The molecule has 1 aliphatic rings. The molecule has 0 bridgehead atoms. The molecular weight excluding hydrogens is 579 g/mol. The van der Waals surface area contributed by atoms with Crippen LogP contribution in [0, 0.1) is 5.41 Å². The summed E-state index contributed by atoms with van der Waals surface area (Å²) < 4.78 is 54.7. The number of carboxylic acids is 1. The van der Waals surface area contributed by atoms with Gasteiger partial charge in [-0.3, -0.25) is 4.79 Å². The van der Waals surface area contributed by atoms with Gasteiger partial charge >= 0.3 is 24.1 Å². The van der Waals surface area contributed by atoms with Crippen molar-refractivity contribution in [1.29, 1.82) is 0 Å². The normalized spacial score (nSPS) is 20.3. The molecule has 0 amide bonds. The Kier molecular flexibility index (Phi) is 9.61. The summed E-state index contributed by atoms with van der Waals surface area (Å²) in [5.41, 5.74) is -1.80. The molecular formula is C32H32F3N3O6. The molecule has 3 unspecified atom stereocenters. The molecule has 2 heterocycles. The van der Waals surface area contributed by atoms with Crippen LogP contribution in [0.1, 0.15) is 48.4 Å². The molecule has 0 radical (unpaired) electrons. The van der Waals surface area contributed by atoms with Crippen molar-refractivity contribution in [3.63, 3.8) is 0 Å². The number of aliphatic carboxylic acids is 1. The van der Waals surface area contributed by atoms with Crippen molar-refractivity contribution in [2.24, 2.45) is 5.41 Å². The minimum absolute atomic E-state index is 0.194. The molecule has 0 saturated carbocycles. The van der Waals surface area contributed by atoms with Gasteiger partial charge in [-0.1, -0.05) is 42.5 Å². The van der Waals surface area contributed by atoms with Crippen LogP contribution in [0.25, 0.3) is 6.08 Å². The summed E-state index contributed by atoms with van der Waals surface area (Å²) in [6.07, 6.45) is 2.71. The maximum Gasteiger partial charge on any atom is 0.416 e. The number of carbonyl (C=O) groups excluding carboxylic acids is 2. The zero-order valence-electron chi connectivity index (χ0n) is 24.3. The van der Waals surface area contributed by atoms with Crippen LogP contribution in [0.5, 0.6) is 0 Å². The van der Waals surface area contributed by atoms with E-state index in [0.29, 0.717) is 6.54 Å². The molecule has 0 saturated heterocycles. The number of allylic oxidation sites excluding steroid dienone is 1. The number of alkyl halides is 3. The second kappa shape index (κ2) is 13.2. The Bertz CT molecular complexity index is 1560. The molecule has 2 aromatic carbocycles. The predicted molar refractivity (Wildman–Crippen MR) is 154 cm³/mol. The summed E-state index contributed by atoms with van der Waals surface area (Å²) in [5, 5.41) is 13.5. The second-order valence-corrected chi connectivity index (χ2v) is 10.5. The van der Waals surface area contributed by atoms with Gasteiger partial charge in [0.2, 0.25) is 0 Å². The van der Waals surface area contributed by atoms with E-state index in [-0.39, 0.29) is 11.3 Å². The maximum absolute atomic E-state index is 14.2. The topological polar surface area (TPSA) is 120 Å². The SMILES string of the molecule is COC(=O)C1=C(C)NC(C)C(CCOC(=O)/C=C/c2ccc(Cn3ccnc3)cc2)(C(=O)O)C1c1ccccc1C(F)(F)F. The molecule has 44 heavy (non-hydrogen) atoms. The quantitative estimate of drug-likeness (QED) is 0.238. The Balaban J connectivity index is 1.58. The van der Waals surface area contributed by atoms with Crippen LogP contribution < -0.4 is 5.32 Å². The lowest BCUT2D eigenvalue weighted by Gasteiger charge is -2.47. The number of hydrogen-bond acceptors (Lipinski definition) is 7. The van der Waals surface area contributed by atoms with E-state index >= 15 is 0 Å². The molecule has 1 aliphatic heterocycles. The summed E-state index contributed by atoms with van der Waals surface area (Å²) in [4.78, 5) is 42.6. The third kappa shape index (κ3) is 6.69. The van der Waals surface area contributed by atoms with Gasteiger partial charge in [0.25, 0.3) is 0 Å². The van der Waals surface area contributed by atoms with Crippen molar-refractivity contribution in [3.05, 3.63) is 107 Å². The monoisotopic (exact) mass is 611 g/mol. The molecule has 3 aromatic rings. The lowest BCUT2D eigenvalue weighted by molar-refractivity contribution is -0.157. The number of ether oxygens (including phenoxy) is 2. The van der Waals surface area contributed by atoms with E-state index in [0.717, 1.165) is 30.4 Å². The van der Waals surface area contributed by atoms with Crippen molar-refractivity contribution < 1.29 is 42.1 Å². The van der Waals surface area contributed by atoms with Gasteiger partial charge < -0.3 is 24.5 Å². The van der Waals surface area contributed by atoms with Crippen LogP contribution >= 0.6 is 0 Å². The Morgan fingerprint density at radius 2 is 1.84 bits per heavy atom. The lowest BCUT2D eigenvalue weighted by Crippen LogP contribution is -2.57. The number of rotatable bonds is 10. The van der Waals surface area contributed by atoms with E-state index in [1.165, 1.54) is 38.1 Å². The van der Waals surface area contributed by atoms with E-state index in [1.807, 2.05) is 35.0 Å².